The molecule has 9 heteroatoms. The van der Waals surface area contributed by atoms with E-state index < -0.39 is 17.8 Å². The molecular formula is C27H33F3N2O4. The summed E-state index contributed by atoms with van der Waals surface area (Å²) in [4.78, 5) is 25.6. The number of carbonyl (C=O) groups is 1. The van der Waals surface area contributed by atoms with Gasteiger partial charge in [0, 0.05) is 36.2 Å². The minimum Gasteiger partial charge on any atom is -0.410 e. The fraction of sp³-hybridized carbons (Fsp3) is 0.481. The van der Waals surface area contributed by atoms with Crippen molar-refractivity contribution in [3.8, 4) is 5.75 Å². The summed E-state index contributed by atoms with van der Waals surface area (Å²) in [5.74, 6) is 0.329. The molecule has 1 amide bonds. The summed E-state index contributed by atoms with van der Waals surface area (Å²) < 4.78 is 46.2. The second kappa shape index (κ2) is 10.9. The maximum atomic E-state index is 13.0. The molecule has 36 heavy (non-hydrogen) atoms. The molecule has 1 heterocycles. The van der Waals surface area contributed by atoms with Crippen molar-refractivity contribution in [1.82, 2.24) is 4.57 Å². The summed E-state index contributed by atoms with van der Waals surface area (Å²) >= 11 is 0. The lowest BCUT2D eigenvalue weighted by Crippen LogP contribution is -2.38. The number of anilines is 1. The van der Waals surface area contributed by atoms with Crippen LogP contribution in [0.15, 0.2) is 46.8 Å². The van der Waals surface area contributed by atoms with E-state index in [-0.39, 0.29) is 34.9 Å². The van der Waals surface area contributed by atoms with E-state index in [1.54, 1.807) is 4.57 Å². The normalized spacial score (nSPS) is 16.7. The molecule has 1 aliphatic carbocycles. The number of rotatable bonds is 7. The number of fused-ring (bicyclic) bond motifs is 1. The van der Waals surface area contributed by atoms with Gasteiger partial charge in [0.1, 0.15) is 5.75 Å². The third-order valence-corrected chi connectivity index (χ3v) is 6.66. The van der Waals surface area contributed by atoms with Gasteiger partial charge in [-0.05, 0) is 69.1 Å². The molecule has 0 radical (unpaired) electrons. The molecule has 1 aromatic heterocycles. The molecule has 6 nitrogen and oxygen atoms in total. The van der Waals surface area contributed by atoms with Crippen molar-refractivity contribution >= 4 is 11.8 Å². The molecule has 0 spiro atoms. The lowest BCUT2D eigenvalue weighted by molar-refractivity contribution is -0.137. The third kappa shape index (κ3) is 6.57. The van der Waals surface area contributed by atoms with Crippen LogP contribution >= 0.6 is 0 Å². The minimum absolute atomic E-state index is 0.0640. The molecule has 0 saturated carbocycles. The lowest BCUT2D eigenvalue weighted by atomic mass is 9.66. The van der Waals surface area contributed by atoms with Crippen LogP contribution in [0.25, 0.3) is 0 Å². The number of aliphatic hydroxyl groups is 1. The number of nitrogens with one attached hydrogen (secondary N) is 1. The van der Waals surface area contributed by atoms with E-state index in [0.29, 0.717) is 25.8 Å². The number of allylic oxidation sites excluding steroid dienone is 2. The fourth-order valence-electron chi connectivity index (χ4n) is 4.60. The summed E-state index contributed by atoms with van der Waals surface area (Å²) in [6, 6.07) is 5.50. The molecule has 1 aliphatic rings. The Morgan fingerprint density at radius 1 is 1.28 bits per heavy atom. The molecule has 0 aliphatic heterocycles. The van der Waals surface area contributed by atoms with E-state index in [0.717, 1.165) is 29.8 Å². The Balaban J connectivity index is 1.95. The van der Waals surface area contributed by atoms with Crippen molar-refractivity contribution in [3.05, 3.63) is 69.2 Å². The molecule has 1 unspecified atom stereocenters. The highest BCUT2D eigenvalue weighted by molar-refractivity contribution is 5.86. The first-order valence-corrected chi connectivity index (χ1v) is 12.0. The van der Waals surface area contributed by atoms with Crippen LogP contribution in [-0.4, -0.2) is 22.4 Å². The van der Waals surface area contributed by atoms with Gasteiger partial charge in [-0.3, -0.25) is 10.1 Å². The lowest BCUT2D eigenvalue weighted by Gasteiger charge is -2.41. The van der Waals surface area contributed by atoms with Gasteiger partial charge in [-0.1, -0.05) is 31.6 Å². The number of carbonyl (C=O) groups excluding carboxylic acids is 1. The number of aliphatic hydroxyl groups excluding tert-OH is 1. The van der Waals surface area contributed by atoms with Crippen molar-refractivity contribution in [2.75, 3.05) is 11.9 Å². The standard InChI is InChI=1S/C27H33F3N2O4/c1-17(2)9-10-18-14-21-22(16-26(18,3)4)32(11-6-12-33)24(34)15-23(21)36-25(35)31-20-8-5-7-19(13-20)27(28,29)30/h5,7-9,13,15,18,33H,6,10-12,14,16H2,1-4H3,(H,31,35). The molecule has 196 valence electrons. The first-order valence-electron chi connectivity index (χ1n) is 12.0. The molecule has 2 N–H and O–H groups in total. The summed E-state index contributed by atoms with van der Waals surface area (Å²) in [7, 11) is 0. The Kier molecular flexibility index (Phi) is 8.33. The smallest absolute Gasteiger partial charge is 0.410 e. The van der Waals surface area contributed by atoms with E-state index >= 15 is 0 Å². The summed E-state index contributed by atoms with van der Waals surface area (Å²) in [5.41, 5.74) is 1.24. The van der Waals surface area contributed by atoms with E-state index in [1.165, 1.54) is 23.8 Å². The van der Waals surface area contributed by atoms with Crippen molar-refractivity contribution in [2.24, 2.45) is 11.3 Å². The number of ether oxygens (including phenoxy) is 1. The topological polar surface area (TPSA) is 80.6 Å². The van der Waals surface area contributed by atoms with Crippen LogP contribution in [0.4, 0.5) is 23.7 Å². The van der Waals surface area contributed by atoms with Gasteiger partial charge in [0.25, 0.3) is 5.56 Å². The van der Waals surface area contributed by atoms with E-state index in [1.807, 2.05) is 13.8 Å². The molecular weight excluding hydrogens is 473 g/mol. The van der Waals surface area contributed by atoms with Gasteiger partial charge >= 0.3 is 12.3 Å². The second-order valence-corrected chi connectivity index (χ2v) is 10.2. The predicted octanol–water partition coefficient (Wildman–Crippen LogP) is 5.96. The predicted molar refractivity (Wildman–Crippen MR) is 132 cm³/mol. The van der Waals surface area contributed by atoms with E-state index in [9.17, 15) is 27.9 Å². The Bertz CT molecular complexity index is 1190. The van der Waals surface area contributed by atoms with Crippen molar-refractivity contribution in [3.63, 3.8) is 0 Å². The zero-order valence-corrected chi connectivity index (χ0v) is 21.0. The van der Waals surface area contributed by atoms with Crippen molar-refractivity contribution in [1.29, 1.82) is 0 Å². The maximum absolute atomic E-state index is 13.0. The molecule has 0 saturated heterocycles. The highest BCUT2D eigenvalue weighted by atomic mass is 19.4. The monoisotopic (exact) mass is 506 g/mol. The Hall–Kier alpha value is -3.07. The Morgan fingerprint density at radius 3 is 2.64 bits per heavy atom. The molecule has 1 aromatic carbocycles. The summed E-state index contributed by atoms with van der Waals surface area (Å²) in [6.07, 6.45) is -0.985. The number of nitrogens with zero attached hydrogens (tertiary/aromatic N) is 1. The van der Waals surface area contributed by atoms with Gasteiger partial charge in [0.2, 0.25) is 0 Å². The van der Waals surface area contributed by atoms with E-state index in [2.05, 4.69) is 25.2 Å². The zero-order chi connectivity index (χ0) is 26.7. The number of pyridine rings is 1. The first kappa shape index (κ1) is 27.5. The molecule has 0 bridgehead atoms. The quantitative estimate of drug-likeness (QED) is 0.454. The largest absolute Gasteiger partial charge is 0.417 e. The van der Waals surface area contributed by atoms with Crippen LogP contribution in [0.5, 0.6) is 5.75 Å². The van der Waals surface area contributed by atoms with Gasteiger partial charge in [0.15, 0.2) is 0 Å². The number of amides is 1. The van der Waals surface area contributed by atoms with Crippen LogP contribution in [0, 0.1) is 11.3 Å². The summed E-state index contributed by atoms with van der Waals surface area (Å²) in [6.45, 7) is 8.63. The third-order valence-electron chi connectivity index (χ3n) is 6.66. The number of halogens is 3. The summed E-state index contributed by atoms with van der Waals surface area (Å²) in [5, 5.41) is 11.6. The highest BCUT2D eigenvalue weighted by Gasteiger charge is 2.38. The van der Waals surface area contributed by atoms with Crippen LogP contribution < -0.4 is 15.6 Å². The van der Waals surface area contributed by atoms with Crippen molar-refractivity contribution in [2.45, 2.75) is 66.1 Å². The van der Waals surface area contributed by atoms with Gasteiger partial charge in [-0.25, -0.2) is 4.79 Å². The molecule has 2 aromatic rings. The fourth-order valence-corrected chi connectivity index (χ4v) is 4.60. The Labute approximate surface area is 208 Å². The van der Waals surface area contributed by atoms with Gasteiger partial charge in [-0.2, -0.15) is 13.2 Å². The average Bonchev–Trinajstić information content (AvgIpc) is 2.76. The van der Waals surface area contributed by atoms with Gasteiger partial charge in [0.05, 0.1) is 5.56 Å². The van der Waals surface area contributed by atoms with Crippen LogP contribution in [0.3, 0.4) is 0 Å². The minimum atomic E-state index is -4.55. The number of hydrogen-bond acceptors (Lipinski definition) is 4. The van der Waals surface area contributed by atoms with Crippen LogP contribution in [0.1, 0.15) is 57.4 Å². The number of benzene rings is 1. The second-order valence-electron chi connectivity index (χ2n) is 10.2. The number of alkyl halides is 3. The molecule has 1 atom stereocenters. The zero-order valence-electron chi connectivity index (χ0n) is 21.0. The van der Waals surface area contributed by atoms with Crippen LogP contribution in [0.2, 0.25) is 0 Å². The number of aromatic nitrogens is 1. The van der Waals surface area contributed by atoms with Gasteiger partial charge < -0.3 is 14.4 Å². The SMILES string of the molecule is CC(C)=CCC1Cc2c(OC(=O)Nc3cccc(C(F)(F)F)c3)cc(=O)n(CCCO)c2CC1(C)C. The molecule has 3 rings (SSSR count). The van der Waals surface area contributed by atoms with Crippen LogP contribution in [-0.2, 0) is 25.6 Å². The van der Waals surface area contributed by atoms with E-state index in [4.69, 9.17) is 4.74 Å². The molecule has 0 fully saturated rings. The highest BCUT2D eigenvalue weighted by Crippen LogP contribution is 2.44. The average molecular weight is 507 g/mol. The van der Waals surface area contributed by atoms with Crippen molar-refractivity contribution < 1.29 is 27.8 Å². The first-order chi connectivity index (χ1) is 16.8. The Morgan fingerprint density at radius 2 is 2.00 bits per heavy atom. The van der Waals surface area contributed by atoms with Gasteiger partial charge in [-0.15, -0.1) is 0 Å². The number of hydrogen-bond donors (Lipinski definition) is 2. The maximum Gasteiger partial charge on any atom is 0.417 e.